The van der Waals surface area contributed by atoms with Gasteiger partial charge in [0, 0.05) is 24.0 Å². The van der Waals surface area contributed by atoms with Gasteiger partial charge >= 0.3 is 5.97 Å². The SMILES string of the molecule is CCC(=O)O.C[C@@H](c1ncncc1F)[C@](O)(Cn1cncn1)c1ccc(F)cc1F. The molecule has 0 saturated carbocycles. The second kappa shape index (κ2) is 9.92. The summed E-state index contributed by atoms with van der Waals surface area (Å²) in [6, 6.07) is 2.80. The van der Waals surface area contributed by atoms with Gasteiger partial charge in [0.2, 0.25) is 0 Å². The van der Waals surface area contributed by atoms with Gasteiger partial charge in [-0.2, -0.15) is 5.10 Å². The molecule has 0 amide bonds. The zero-order valence-corrected chi connectivity index (χ0v) is 16.2. The van der Waals surface area contributed by atoms with Crippen LogP contribution in [0.3, 0.4) is 0 Å². The molecule has 0 saturated heterocycles. The third-order valence-electron chi connectivity index (χ3n) is 4.39. The van der Waals surface area contributed by atoms with E-state index in [9.17, 15) is 23.1 Å². The molecule has 0 radical (unpaired) electrons. The maximum absolute atomic E-state index is 14.4. The number of carboxylic acid groups (broad SMARTS) is 1. The fraction of sp³-hybridized carbons (Fsp3) is 0.316. The Morgan fingerprint density at radius 3 is 2.43 bits per heavy atom. The highest BCUT2D eigenvalue weighted by molar-refractivity contribution is 5.66. The van der Waals surface area contributed by atoms with E-state index >= 15 is 0 Å². The Morgan fingerprint density at radius 1 is 1.20 bits per heavy atom. The molecular formula is C19H20F3N5O3. The molecule has 0 spiro atoms. The Labute approximate surface area is 170 Å². The molecule has 8 nitrogen and oxygen atoms in total. The zero-order chi connectivity index (χ0) is 22.3. The Bertz CT molecular complexity index is 987. The van der Waals surface area contributed by atoms with Crippen LogP contribution in [0, 0.1) is 17.5 Å². The highest BCUT2D eigenvalue weighted by Crippen LogP contribution is 2.39. The lowest BCUT2D eigenvalue weighted by atomic mass is 9.79. The first-order valence-corrected chi connectivity index (χ1v) is 8.86. The average molecular weight is 423 g/mol. The number of aromatic nitrogens is 5. The Kier molecular flexibility index (Phi) is 7.59. The number of hydrogen-bond acceptors (Lipinski definition) is 6. The monoisotopic (exact) mass is 423 g/mol. The van der Waals surface area contributed by atoms with Crippen LogP contribution in [0.1, 0.15) is 37.4 Å². The standard InChI is InChI=1S/C16H14F3N5O.C3H6O2/c1-10(15-14(19)5-20-7-22-15)16(25,6-24-9-21-8-23-24)12-3-2-11(17)4-13(12)18;1-2-3(4)5/h2-5,7-10,25H,6H2,1H3;2H2,1H3,(H,4,5)/t10-,16+;/m0./s1. The van der Waals surface area contributed by atoms with Crippen LogP contribution in [0.5, 0.6) is 0 Å². The van der Waals surface area contributed by atoms with Crippen LogP contribution in [0.25, 0.3) is 0 Å². The predicted octanol–water partition coefficient (Wildman–Crippen LogP) is 2.66. The Morgan fingerprint density at radius 2 is 1.90 bits per heavy atom. The third kappa shape index (κ3) is 5.38. The normalized spacial score (nSPS) is 13.7. The zero-order valence-electron chi connectivity index (χ0n) is 16.2. The molecule has 0 aliphatic carbocycles. The van der Waals surface area contributed by atoms with Gasteiger partial charge in [0.1, 0.15) is 36.2 Å². The number of carboxylic acids is 1. The van der Waals surface area contributed by atoms with Crippen molar-refractivity contribution in [2.75, 3.05) is 0 Å². The van der Waals surface area contributed by atoms with E-state index in [2.05, 4.69) is 20.1 Å². The first kappa shape index (κ1) is 22.9. The Hall–Kier alpha value is -3.34. The van der Waals surface area contributed by atoms with Gasteiger partial charge < -0.3 is 10.2 Å². The molecule has 2 N–H and O–H groups in total. The fourth-order valence-corrected chi connectivity index (χ4v) is 2.72. The third-order valence-corrected chi connectivity index (χ3v) is 4.39. The van der Waals surface area contributed by atoms with Crippen LogP contribution in [0.15, 0.2) is 43.4 Å². The van der Waals surface area contributed by atoms with Crippen molar-refractivity contribution in [3.63, 3.8) is 0 Å². The van der Waals surface area contributed by atoms with E-state index in [-0.39, 0.29) is 24.2 Å². The highest BCUT2D eigenvalue weighted by atomic mass is 19.1. The van der Waals surface area contributed by atoms with Crippen LogP contribution in [0.4, 0.5) is 13.2 Å². The molecule has 0 fully saturated rings. The summed E-state index contributed by atoms with van der Waals surface area (Å²) in [5.74, 6) is -4.21. The van der Waals surface area contributed by atoms with Crippen molar-refractivity contribution in [1.82, 2.24) is 24.7 Å². The first-order valence-electron chi connectivity index (χ1n) is 8.86. The molecule has 0 aliphatic rings. The molecule has 1 aromatic carbocycles. The quantitative estimate of drug-likeness (QED) is 0.626. The van der Waals surface area contributed by atoms with E-state index in [4.69, 9.17) is 5.11 Å². The molecule has 2 heterocycles. The van der Waals surface area contributed by atoms with Crippen molar-refractivity contribution in [3.05, 3.63) is 72.1 Å². The molecular weight excluding hydrogens is 403 g/mol. The summed E-state index contributed by atoms with van der Waals surface area (Å²) in [5, 5.41) is 22.9. The number of nitrogens with zero attached hydrogens (tertiary/aromatic N) is 5. The van der Waals surface area contributed by atoms with Gasteiger partial charge in [-0.3, -0.25) is 4.79 Å². The van der Waals surface area contributed by atoms with Crippen LogP contribution >= 0.6 is 0 Å². The van der Waals surface area contributed by atoms with Crippen molar-refractivity contribution >= 4 is 5.97 Å². The number of benzene rings is 1. The minimum atomic E-state index is -1.96. The minimum absolute atomic E-state index is 0.0960. The van der Waals surface area contributed by atoms with E-state index in [1.165, 1.54) is 24.3 Å². The van der Waals surface area contributed by atoms with Crippen LogP contribution in [-0.2, 0) is 16.9 Å². The maximum atomic E-state index is 14.4. The first-order chi connectivity index (χ1) is 14.2. The van der Waals surface area contributed by atoms with E-state index in [1.54, 1.807) is 6.92 Å². The minimum Gasteiger partial charge on any atom is -0.481 e. The summed E-state index contributed by atoms with van der Waals surface area (Å²) in [4.78, 5) is 20.6. The van der Waals surface area contributed by atoms with E-state index < -0.39 is 34.9 Å². The molecule has 3 aromatic rings. The molecule has 2 aromatic heterocycles. The highest BCUT2D eigenvalue weighted by Gasteiger charge is 2.41. The average Bonchev–Trinajstić information content (AvgIpc) is 3.20. The number of carbonyl (C=O) groups is 1. The van der Waals surface area contributed by atoms with Crippen molar-refractivity contribution in [1.29, 1.82) is 0 Å². The summed E-state index contributed by atoms with van der Waals surface area (Å²) < 4.78 is 43.0. The van der Waals surface area contributed by atoms with Crippen molar-refractivity contribution < 1.29 is 28.2 Å². The van der Waals surface area contributed by atoms with Crippen LogP contribution < -0.4 is 0 Å². The summed E-state index contributed by atoms with van der Waals surface area (Å²) in [6.45, 7) is 2.85. The van der Waals surface area contributed by atoms with E-state index in [0.717, 1.165) is 24.7 Å². The lowest BCUT2D eigenvalue weighted by Gasteiger charge is -2.34. The maximum Gasteiger partial charge on any atom is 0.303 e. The van der Waals surface area contributed by atoms with Crippen molar-refractivity contribution in [3.8, 4) is 0 Å². The molecule has 160 valence electrons. The largest absolute Gasteiger partial charge is 0.481 e. The summed E-state index contributed by atoms with van der Waals surface area (Å²) >= 11 is 0. The second-order valence-corrected chi connectivity index (χ2v) is 6.37. The second-order valence-electron chi connectivity index (χ2n) is 6.37. The van der Waals surface area contributed by atoms with Crippen LogP contribution in [-0.4, -0.2) is 40.9 Å². The van der Waals surface area contributed by atoms with Gasteiger partial charge in [0.15, 0.2) is 5.82 Å². The van der Waals surface area contributed by atoms with Gasteiger partial charge in [-0.15, -0.1) is 0 Å². The molecule has 30 heavy (non-hydrogen) atoms. The number of hydrogen-bond donors (Lipinski definition) is 2. The number of rotatable bonds is 6. The van der Waals surface area contributed by atoms with Gasteiger partial charge in [-0.1, -0.05) is 19.9 Å². The molecule has 0 aliphatic heterocycles. The number of aliphatic carboxylic acids is 1. The van der Waals surface area contributed by atoms with Gasteiger partial charge in [0.05, 0.1) is 18.4 Å². The number of aliphatic hydroxyl groups is 1. The number of halogens is 3. The summed E-state index contributed by atoms with van der Waals surface area (Å²) in [6.07, 6.45) is 4.88. The summed E-state index contributed by atoms with van der Waals surface area (Å²) in [5.41, 5.74) is -2.25. The topological polar surface area (TPSA) is 114 Å². The molecule has 3 rings (SSSR count). The molecule has 2 atom stereocenters. The predicted molar refractivity (Wildman–Crippen MR) is 98.6 cm³/mol. The molecule has 11 heteroatoms. The smallest absolute Gasteiger partial charge is 0.303 e. The van der Waals surface area contributed by atoms with Gasteiger partial charge in [-0.25, -0.2) is 32.8 Å². The van der Waals surface area contributed by atoms with Crippen molar-refractivity contribution in [2.24, 2.45) is 0 Å². The van der Waals surface area contributed by atoms with E-state index in [0.29, 0.717) is 6.07 Å². The van der Waals surface area contributed by atoms with Gasteiger partial charge in [0.25, 0.3) is 0 Å². The lowest BCUT2D eigenvalue weighted by molar-refractivity contribution is -0.136. The van der Waals surface area contributed by atoms with E-state index in [1.807, 2.05) is 0 Å². The molecule has 0 bridgehead atoms. The molecule has 0 unspecified atom stereocenters. The van der Waals surface area contributed by atoms with Crippen molar-refractivity contribution in [2.45, 2.75) is 38.3 Å². The summed E-state index contributed by atoms with van der Waals surface area (Å²) in [7, 11) is 0. The Balaban J connectivity index is 0.000000575. The lowest BCUT2D eigenvalue weighted by Crippen LogP contribution is -2.39. The fourth-order valence-electron chi connectivity index (χ4n) is 2.72. The van der Waals surface area contributed by atoms with Crippen LogP contribution in [0.2, 0.25) is 0 Å². The van der Waals surface area contributed by atoms with Gasteiger partial charge in [-0.05, 0) is 6.07 Å².